The fraction of sp³-hybridized carbons (Fsp3) is 0.500. The first-order valence-corrected chi connectivity index (χ1v) is 4.50. The largest absolute Gasteiger partial charge is 0.477 e. The van der Waals surface area contributed by atoms with E-state index >= 15 is 0 Å². The first kappa shape index (κ1) is 10.8. The zero-order valence-electron chi connectivity index (χ0n) is 8.98. The summed E-state index contributed by atoms with van der Waals surface area (Å²) in [6, 6.07) is 3.71. The van der Waals surface area contributed by atoms with Crippen molar-refractivity contribution < 1.29 is 9.90 Å². The first-order valence-electron chi connectivity index (χ1n) is 4.50. The van der Waals surface area contributed by atoms with Crippen LogP contribution in [0.15, 0.2) is 12.1 Å². The van der Waals surface area contributed by atoms with Crippen LogP contribution in [-0.4, -0.2) is 34.6 Å². The molecule has 78 valence electrons. The van der Waals surface area contributed by atoms with E-state index in [1.165, 1.54) is 0 Å². The number of aromatic carboxylic acids is 1. The van der Waals surface area contributed by atoms with E-state index in [2.05, 4.69) is 0 Å². The van der Waals surface area contributed by atoms with Crippen LogP contribution in [0.5, 0.6) is 0 Å². The predicted molar refractivity (Wildman–Crippen MR) is 54.5 cm³/mol. The lowest BCUT2D eigenvalue weighted by Gasteiger charge is -2.20. The molecule has 1 aromatic rings. The summed E-state index contributed by atoms with van der Waals surface area (Å²) in [4.78, 5) is 12.8. The van der Waals surface area contributed by atoms with Gasteiger partial charge in [-0.1, -0.05) is 0 Å². The van der Waals surface area contributed by atoms with Crippen molar-refractivity contribution in [3.63, 3.8) is 0 Å². The maximum atomic E-state index is 10.8. The number of hydrogen-bond acceptors (Lipinski definition) is 2. The normalized spacial score (nSPS) is 13.2. The minimum Gasteiger partial charge on any atom is -0.477 e. The summed E-state index contributed by atoms with van der Waals surface area (Å²) in [5.74, 6) is -0.885. The van der Waals surface area contributed by atoms with Gasteiger partial charge in [0.2, 0.25) is 0 Å². The van der Waals surface area contributed by atoms with Gasteiger partial charge in [-0.15, -0.1) is 0 Å². The van der Waals surface area contributed by atoms with Crippen molar-refractivity contribution in [3.8, 4) is 0 Å². The Morgan fingerprint density at radius 2 is 2.07 bits per heavy atom. The number of carboxylic acid groups (broad SMARTS) is 1. The van der Waals surface area contributed by atoms with Gasteiger partial charge in [-0.05, 0) is 33.2 Å². The molecule has 1 rings (SSSR count). The zero-order chi connectivity index (χ0) is 10.9. The second-order valence-electron chi connectivity index (χ2n) is 3.65. The van der Waals surface area contributed by atoms with Gasteiger partial charge in [0.05, 0.1) is 0 Å². The van der Waals surface area contributed by atoms with E-state index in [9.17, 15) is 4.79 Å². The highest BCUT2D eigenvalue weighted by Gasteiger charge is 2.16. The number of hydrogen-bond donors (Lipinski definition) is 1. The van der Waals surface area contributed by atoms with Gasteiger partial charge in [0.1, 0.15) is 5.69 Å². The third-order valence-corrected chi connectivity index (χ3v) is 2.58. The molecule has 0 saturated heterocycles. The lowest BCUT2D eigenvalue weighted by Crippen LogP contribution is -2.20. The fourth-order valence-corrected chi connectivity index (χ4v) is 1.43. The van der Waals surface area contributed by atoms with Crippen molar-refractivity contribution in [2.45, 2.75) is 13.0 Å². The number of carboxylic acids is 1. The van der Waals surface area contributed by atoms with Gasteiger partial charge >= 0.3 is 5.97 Å². The van der Waals surface area contributed by atoms with Crippen molar-refractivity contribution in [3.05, 3.63) is 23.5 Å². The molecule has 0 bridgehead atoms. The molecule has 0 radical (unpaired) electrons. The Labute approximate surface area is 83.8 Å². The van der Waals surface area contributed by atoms with Gasteiger partial charge in [-0.2, -0.15) is 0 Å². The Morgan fingerprint density at radius 1 is 1.50 bits per heavy atom. The molecule has 0 aliphatic carbocycles. The van der Waals surface area contributed by atoms with Crippen LogP contribution >= 0.6 is 0 Å². The molecule has 0 saturated carbocycles. The molecule has 0 amide bonds. The average molecular weight is 196 g/mol. The second-order valence-corrected chi connectivity index (χ2v) is 3.65. The van der Waals surface area contributed by atoms with E-state index in [1.54, 1.807) is 17.7 Å². The predicted octanol–water partition coefficient (Wildman–Crippen LogP) is 1.35. The lowest BCUT2D eigenvalue weighted by atomic mass is 10.2. The zero-order valence-corrected chi connectivity index (χ0v) is 8.98. The molecule has 1 heterocycles. The van der Waals surface area contributed by atoms with Gasteiger partial charge in [0, 0.05) is 18.8 Å². The number of carbonyl (C=O) groups is 1. The Bertz CT molecular complexity index is 342. The molecule has 0 fully saturated rings. The Hall–Kier alpha value is -1.29. The summed E-state index contributed by atoms with van der Waals surface area (Å²) in [5.41, 5.74) is 1.33. The summed E-state index contributed by atoms with van der Waals surface area (Å²) in [7, 11) is 5.72. The van der Waals surface area contributed by atoms with Crippen LogP contribution in [0.25, 0.3) is 0 Å². The maximum Gasteiger partial charge on any atom is 0.352 e. The molecule has 0 aromatic carbocycles. The van der Waals surface area contributed by atoms with Crippen LogP contribution in [0.1, 0.15) is 29.1 Å². The van der Waals surface area contributed by atoms with Crippen molar-refractivity contribution in [1.82, 2.24) is 9.47 Å². The Balaban J connectivity index is 3.06. The van der Waals surface area contributed by atoms with E-state index in [1.807, 2.05) is 32.0 Å². The highest BCUT2D eigenvalue weighted by molar-refractivity contribution is 5.86. The third kappa shape index (κ3) is 1.80. The van der Waals surface area contributed by atoms with Crippen molar-refractivity contribution in [2.75, 3.05) is 14.1 Å². The minimum atomic E-state index is -0.885. The van der Waals surface area contributed by atoms with Gasteiger partial charge in [0.15, 0.2) is 0 Å². The van der Waals surface area contributed by atoms with E-state index in [0.717, 1.165) is 5.69 Å². The Kier molecular flexibility index (Phi) is 2.96. The smallest absolute Gasteiger partial charge is 0.352 e. The van der Waals surface area contributed by atoms with E-state index in [0.29, 0.717) is 5.69 Å². The summed E-state index contributed by atoms with van der Waals surface area (Å²) in [5, 5.41) is 8.86. The summed E-state index contributed by atoms with van der Waals surface area (Å²) in [6.07, 6.45) is 0. The van der Waals surface area contributed by atoms with Crippen LogP contribution in [0.4, 0.5) is 0 Å². The summed E-state index contributed by atoms with van der Waals surface area (Å²) in [6.45, 7) is 2.04. The van der Waals surface area contributed by atoms with Gasteiger partial charge in [0.25, 0.3) is 0 Å². The van der Waals surface area contributed by atoms with E-state index in [-0.39, 0.29) is 6.04 Å². The molecular weight excluding hydrogens is 180 g/mol. The quantitative estimate of drug-likeness (QED) is 0.793. The molecular formula is C10H16N2O2. The molecule has 1 atom stereocenters. The molecule has 4 heteroatoms. The fourth-order valence-electron chi connectivity index (χ4n) is 1.43. The van der Waals surface area contributed by atoms with Crippen molar-refractivity contribution in [2.24, 2.45) is 7.05 Å². The third-order valence-electron chi connectivity index (χ3n) is 2.58. The average Bonchev–Trinajstić information content (AvgIpc) is 2.45. The van der Waals surface area contributed by atoms with Gasteiger partial charge < -0.3 is 14.6 Å². The van der Waals surface area contributed by atoms with Crippen LogP contribution in [0, 0.1) is 0 Å². The molecule has 0 aliphatic rings. The van der Waals surface area contributed by atoms with Crippen LogP contribution in [0.2, 0.25) is 0 Å². The summed E-state index contributed by atoms with van der Waals surface area (Å²) < 4.78 is 1.72. The summed E-state index contributed by atoms with van der Waals surface area (Å²) >= 11 is 0. The first-order chi connectivity index (χ1) is 6.45. The van der Waals surface area contributed by atoms with Crippen molar-refractivity contribution in [1.29, 1.82) is 0 Å². The molecule has 4 nitrogen and oxygen atoms in total. The number of nitrogens with zero attached hydrogens (tertiary/aromatic N) is 2. The van der Waals surface area contributed by atoms with Crippen LogP contribution in [0.3, 0.4) is 0 Å². The molecule has 1 N–H and O–H groups in total. The Morgan fingerprint density at radius 3 is 2.43 bits per heavy atom. The van der Waals surface area contributed by atoms with Gasteiger partial charge in [-0.3, -0.25) is 0 Å². The van der Waals surface area contributed by atoms with Crippen molar-refractivity contribution >= 4 is 5.97 Å². The van der Waals surface area contributed by atoms with E-state index < -0.39 is 5.97 Å². The van der Waals surface area contributed by atoms with Gasteiger partial charge in [-0.25, -0.2) is 4.79 Å². The number of aromatic nitrogens is 1. The molecule has 0 spiro atoms. The highest BCUT2D eigenvalue weighted by atomic mass is 16.4. The molecule has 14 heavy (non-hydrogen) atoms. The standard InChI is InChI=1S/C10H16N2O2/c1-7(11(2)3)8-5-6-9(10(13)14)12(8)4/h5-7H,1-4H3,(H,13,14). The highest BCUT2D eigenvalue weighted by Crippen LogP contribution is 2.19. The number of rotatable bonds is 3. The second kappa shape index (κ2) is 3.84. The molecule has 0 aliphatic heterocycles. The minimum absolute atomic E-state index is 0.216. The molecule has 1 unspecified atom stereocenters. The SMILES string of the molecule is CC(c1ccc(C(=O)O)n1C)N(C)C. The lowest BCUT2D eigenvalue weighted by molar-refractivity contribution is 0.0685. The van der Waals surface area contributed by atoms with Crippen LogP contribution < -0.4 is 0 Å². The van der Waals surface area contributed by atoms with Crippen LogP contribution in [-0.2, 0) is 7.05 Å². The van der Waals surface area contributed by atoms with E-state index in [4.69, 9.17) is 5.11 Å². The molecule has 1 aromatic heterocycles. The maximum absolute atomic E-state index is 10.8. The topological polar surface area (TPSA) is 45.5 Å². The monoisotopic (exact) mass is 196 g/mol.